The highest BCUT2D eigenvalue weighted by Gasteiger charge is 2.27. The molecule has 0 bridgehead atoms. The number of methoxy groups -OCH3 is 2. The summed E-state index contributed by atoms with van der Waals surface area (Å²) in [5, 5.41) is 2.60. The molecule has 1 aromatic carbocycles. The number of carbonyl (C=O) groups excluding carboxylic acids is 3. The van der Waals surface area contributed by atoms with Crippen LogP contribution in [0.5, 0.6) is 0 Å². The highest BCUT2D eigenvalue weighted by molar-refractivity contribution is 5.86. The van der Waals surface area contributed by atoms with Gasteiger partial charge < -0.3 is 14.8 Å². The number of carbonyl (C=O) groups is 3. The maximum atomic E-state index is 12.0. The van der Waals surface area contributed by atoms with Crippen LogP contribution >= 0.6 is 0 Å². The van der Waals surface area contributed by atoms with E-state index in [9.17, 15) is 14.4 Å². The van der Waals surface area contributed by atoms with Gasteiger partial charge >= 0.3 is 11.9 Å². The van der Waals surface area contributed by atoms with E-state index in [1.165, 1.54) is 14.2 Å². The Morgan fingerprint density at radius 1 is 1.05 bits per heavy atom. The Kier molecular flexibility index (Phi) is 7.08. The lowest BCUT2D eigenvalue weighted by molar-refractivity contribution is -0.148. The number of ether oxygens (including phenoxy) is 2. The van der Waals surface area contributed by atoms with Crippen LogP contribution in [-0.2, 0) is 30.3 Å². The van der Waals surface area contributed by atoms with Gasteiger partial charge in [-0.2, -0.15) is 0 Å². The van der Waals surface area contributed by atoms with Gasteiger partial charge in [0.05, 0.1) is 26.6 Å². The predicted molar refractivity (Wildman–Crippen MR) is 79.9 cm³/mol. The number of hydrogen-bond donors (Lipinski definition) is 1. The van der Waals surface area contributed by atoms with Crippen LogP contribution in [0.15, 0.2) is 30.3 Å². The van der Waals surface area contributed by atoms with E-state index in [0.29, 0.717) is 0 Å². The van der Waals surface area contributed by atoms with Gasteiger partial charge in [-0.15, -0.1) is 0 Å². The van der Waals surface area contributed by atoms with Crippen LogP contribution in [0.2, 0.25) is 0 Å². The molecule has 0 aliphatic carbocycles. The highest BCUT2D eigenvalue weighted by Crippen LogP contribution is 2.10. The highest BCUT2D eigenvalue weighted by atomic mass is 16.5. The smallest absolute Gasteiger partial charge is 0.328 e. The summed E-state index contributed by atoms with van der Waals surface area (Å²) in [5.74, 6) is -1.85. The van der Waals surface area contributed by atoms with E-state index in [2.05, 4.69) is 14.8 Å². The fraction of sp³-hybridized carbons (Fsp3) is 0.438. The standard InChI is InChI=1S/C16H21NO5/c1-11(15(19)21-2)9-13(16(20)22-3)17-14(18)10-12-7-5-4-6-8-12/h4-8,11,13H,9-10H2,1-3H3,(H,17,18)/t11-,13+/m0/s1. The maximum Gasteiger partial charge on any atom is 0.328 e. The molecule has 0 spiro atoms. The third-order valence-corrected chi connectivity index (χ3v) is 3.22. The van der Waals surface area contributed by atoms with Gasteiger partial charge in [0.2, 0.25) is 5.91 Å². The third kappa shape index (κ3) is 5.55. The molecule has 1 amide bonds. The average molecular weight is 307 g/mol. The third-order valence-electron chi connectivity index (χ3n) is 3.22. The van der Waals surface area contributed by atoms with Crippen molar-refractivity contribution < 1.29 is 23.9 Å². The van der Waals surface area contributed by atoms with E-state index in [4.69, 9.17) is 0 Å². The van der Waals surface area contributed by atoms with Gasteiger partial charge in [0.15, 0.2) is 0 Å². The van der Waals surface area contributed by atoms with Crippen LogP contribution in [0.4, 0.5) is 0 Å². The Labute approximate surface area is 129 Å². The molecule has 0 aliphatic rings. The zero-order valence-electron chi connectivity index (χ0n) is 13.0. The minimum Gasteiger partial charge on any atom is -0.469 e. The second-order valence-electron chi connectivity index (χ2n) is 4.97. The molecule has 0 aliphatic heterocycles. The van der Waals surface area contributed by atoms with Crippen molar-refractivity contribution in [1.82, 2.24) is 5.32 Å². The number of amides is 1. The topological polar surface area (TPSA) is 81.7 Å². The maximum absolute atomic E-state index is 12.0. The quantitative estimate of drug-likeness (QED) is 0.763. The lowest BCUT2D eigenvalue weighted by atomic mass is 10.0. The molecule has 0 fully saturated rings. The molecule has 6 nitrogen and oxygen atoms in total. The molecular formula is C16H21NO5. The van der Waals surface area contributed by atoms with Crippen LogP contribution in [0.25, 0.3) is 0 Å². The first kappa shape index (κ1) is 17.7. The van der Waals surface area contributed by atoms with Gasteiger partial charge in [-0.3, -0.25) is 9.59 Å². The molecule has 2 atom stereocenters. The molecular weight excluding hydrogens is 286 g/mol. The predicted octanol–water partition coefficient (Wildman–Crippen LogP) is 1.09. The molecule has 0 saturated carbocycles. The van der Waals surface area contributed by atoms with Crippen LogP contribution in [-0.4, -0.2) is 38.1 Å². The number of hydrogen-bond acceptors (Lipinski definition) is 5. The van der Waals surface area contributed by atoms with Crippen LogP contribution in [0, 0.1) is 5.92 Å². The van der Waals surface area contributed by atoms with E-state index in [1.807, 2.05) is 30.3 Å². The normalized spacial score (nSPS) is 12.9. The lowest BCUT2D eigenvalue weighted by Crippen LogP contribution is -2.44. The van der Waals surface area contributed by atoms with Crippen LogP contribution < -0.4 is 5.32 Å². The Morgan fingerprint density at radius 3 is 2.18 bits per heavy atom. The monoisotopic (exact) mass is 307 g/mol. The van der Waals surface area contributed by atoms with Crippen molar-refractivity contribution in [3.63, 3.8) is 0 Å². The summed E-state index contributed by atoms with van der Waals surface area (Å²) in [6.45, 7) is 1.63. The molecule has 120 valence electrons. The van der Waals surface area contributed by atoms with Gasteiger partial charge in [0.1, 0.15) is 6.04 Å². The summed E-state index contributed by atoms with van der Waals surface area (Å²) >= 11 is 0. The van der Waals surface area contributed by atoms with Crippen LogP contribution in [0.1, 0.15) is 18.9 Å². The van der Waals surface area contributed by atoms with Gasteiger partial charge in [0, 0.05) is 0 Å². The SMILES string of the molecule is COC(=O)[C@@H](C)C[C@@H](NC(=O)Cc1ccccc1)C(=O)OC. The first-order valence-corrected chi connectivity index (χ1v) is 6.96. The molecule has 0 heterocycles. The minimum absolute atomic E-state index is 0.125. The summed E-state index contributed by atoms with van der Waals surface area (Å²) in [6, 6.07) is 8.29. The lowest BCUT2D eigenvalue weighted by Gasteiger charge is -2.19. The largest absolute Gasteiger partial charge is 0.469 e. The zero-order valence-corrected chi connectivity index (χ0v) is 13.0. The minimum atomic E-state index is -0.879. The summed E-state index contributed by atoms with van der Waals surface area (Å²) in [5.41, 5.74) is 0.838. The van der Waals surface area contributed by atoms with Crippen molar-refractivity contribution in [2.24, 2.45) is 5.92 Å². The molecule has 0 saturated heterocycles. The molecule has 1 aromatic rings. The number of nitrogens with one attached hydrogen (secondary N) is 1. The van der Waals surface area contributed by atoms with Crippen molar-refractivity contribution in [3.8, 4) is 0 Å². The van der Waals surface area contributed by atoms with Crippen molar-refractivity contribution in [2.75, 3.05) is 14.2 Å². The number of rotatable bonds is 7. The van der Waals surface area contributed by atoms with Crippen molar-refractivity contribution >= 4 is 17.8 Å². The molecule has 6 heteroatoms. The zero-order chi connectivity index (χ0) is 16.5. The summed E-state index contributed by atoms with van der Waals surface area (Å²) in [7, 11) is 2.52. The van der Waals surface area contributed by atoms with Crippen molar-refractivity contribution in [3.05, 3.63) is 35.9 Å². The van der Waals surface area contributed by atoms with Gasteiger partial charge in [-0.1, -0.05) is 37.3 Å². The Balaban J connectivity index is 2.66. The molecule has 1 N–H and O–H groups in total. The Hall–Kier alpha value is -2.37. The Morgan fingerprint density at radius 2 is 1.64 bits per heavy atom. The molecule has 22 heavy (non-hydrogen) atoms. The molecule has 0 radical (unpaired) electrons. The average Bonchev–Trinajstić information content (AvgIpc) is 2.53. The molecule has 0 aromatic heterocycles. The van der Waals surface area contributed by atoms with Crippen LogP contribution in [0.3, 0.4) is 0 Å². The number of esters is 2. The first-order valence-electron chi connectivity index (χ1n) is 6.96. The van der Waals surface area contributed by atoms with Gasteiger partial charge in [-0.25, -0.2) is 4.79 Å². The van der Waals surface area contributed by atoms with E-state index in [1.54, 1.807) is 6.92 Å². The van der Waals surface area contributed by atoms with E-state index >= 15 is 0 Å². The fourth-order valence-corrected chi connectivity index (χ4v) is 2.03. The molecule has 0 unspecified atom stereocenters. The first-order chi connectivity index (χ1) is 10.5. The van der Waals surface area contributed by atoms with Crippen molar-refractivity contribution in [2.45, 2.75) is 25.8 Å². The molecule has 1 rings (SSSR count). The van der Waals surface area contributed by atoms with E-state index in [-0.39, 0.29) is 18.7 Å². The van der Waals surface area contributed by atoms with Gasteiger partial charge in [0.25, 0.3) is 0 Å². The van der Waals surface area contributed by atoms with Crippen molar-refractivity contribution in [1.29, 1.82) is 0 Å². The summed E-state index contributed by atoms with van der Waals surface area (Å²) in [4.78, 5) is 35.2. The second kappa shape index (κ2) is 8.81. The Bertz CT molecular complexity index is 515. The van der Waals surface area contributed by atoms with Gasteiger partial charge in [-0.05, 0) is 12.0 Å². The summed E-state index contributed by atoms with van der Waals surface area (Å²) < 4.78 is 9.30. The second-order valence-corrected chi connectivity index (χ2v) is 4.97. The van der Waals surface area contributed by atoms with E-state index in [0.717, 1.165) is 5.56 Å². The number of benzene rings is 1. The van der Waals surface area contributed by atoms with E-state index < -0.39 is 23.9 Å². The fourth-order valence-electron chi connectivity index (χ4n) is 2.03. The summed E-state index contributed by atoms with van der Waals surface area (Å²) in [6.07, 6.45) is 0.279.